The number of benzene rings is 1. The van der Waals surface area contributed by atoms with Gasteiger partial charge in [0.2, 0.25) is 0 Å². The molecule has 1 aliphatic rings. The lowest BCUT2D eigenvalue weighted by molar-refractivity contribution is 0.101. The fourth-order valence-electron chi connectivity index (χ4n) is 2.60. The molecule has 2 N–H and O–H groups in total. The van der Waals surface area contributed by atoms with Gasteiger partial charge < -0.3 is 10.5 Å². The number of halogens is 1. The number of ether oxygens (including phenoxy) is 1. The van der Waals surface area contributed by atoms with E-state index in [-0.39, 0.29) is 5.82 Å². The van der Waals surface area contributed by atoms with Gasteiger partial charge in [0.15, 0.2) is 11.6 Å². The first-order valence-corrected chi connectivity index (χ1v) is 7.02. The molecule has 2 atom stereocenters. The summed E-state index contributed by atoms with van der Waals surface area (Å²) in [6.45, 7) is 5.35. The van der Waals surface area contributed by atoms with Gasteiger partial charge >= 0.3 is 0 Å². The highest BCUT2D eigenvalue weighted by molar-refractivity contribution is 5.23. The van der Waals surface area contributed by atoms with Crippen molar-refractivity contribution in [3.8, 4) is 5.75 Å². The van der Waals surface area contributed by atoms with Crippen LogP contribution in [0.2, 0.25) is 0 Å². The maximum absolute atomic E-state index is 13.4. The second-order valence-electron chi connectivity index (χ2n) is 5.30. The molecule has 1 aliphatic heterocycles. The highest BCUT2D eigenvalue weighted by Gasteiger charge is 2.24. The number of rotatable bonds is 5. The molecule has 106 valence electrons. The van der Waals surface area contributed by atoms with Gasteiger partial charge in [0.25, 0.3) is 0 Å². The number of hydrogen-bond acceptors (Lipinski definition) is 3. The molecule has 0 saturated carbocycles. The van der Waals surface area contributed by atoms with Crippen molar-refractivity contribution in [2.75, 3.05) is 26.2 Å². The van der Waals surface area contributed by atoms with Gasteiger partial charge in [0.1, 0.15) is 6.61 Å². The molecule has 0 aromatic heterocycles. The fraction of sp³-hybridized carbons (Fsp3) is 0.600. The summed E-state index contributed by atoms with van der Waals surface area (Å²) < 4.78 is 18.9. The third-order valence-electron chi connectivity index (χ3n) is 3.91. The molecule has 4 heteroatoms. The van der Waals surface area contributed by atoms with E-state index in [1.807, 2.05) is 0 Å². The molecule has 0 amide bonds. The molecule has 0 spiro atoms. The lowest BCUT2D eigenvalue weighted by atomic mass is 9.94. The number of likely N-dealkylation sites (tertiary alicyclic amines) is 1. The Bertz CT molecular complexity index is 399. The molecule has 0 radical (unpaired) electrons. The Morgan fingerprint density at radius 1 is 1.37 bits per heavy atom. The number of nitrogens with zero attached hydrogens (tertiary/aromatic N) is 1. The van der Waals surface area contributed by atoms with Crippen LogP contribution in [-0.4, -0.2) is 37.2 Å². The van der Waals surface area contributed by atoms with Gasteiger partial charge in [-0.25, -0.2) is 4.39 Å². The van der Waals surface area contributed by atoms with E-state index < -0.39 is 0 Å². The number of nitrogens with two attached hydrogens (primary N) is 1. The molecule has 1 aromatic carbocycles. The Balaban J connectivity index is 1.80. The van der Waals surface area contributed by atoms with Gasteiger partial charge in [-0.05, 0) is 44.4 Å². The van der Waals surface area contributed by atoms with Crippen LogP contribution in [0.25, 0.3) is 0 Å². The van der Waals surface area contributed by atoms with Crippen LogP contribution in [0.1, 0.15) is 19.8 Å². The van der Waals surface area contributed by atoms with Gasteiger partial charge in [-0.15, -0.1) is 0 Å². The topological polar surface area (TPSA) is 38.5 Å². The second-order valence-corrected chi connectivity index (χ2v) is 5.30. The lowest BCUT2D eigenvalue weighted by Gasteiger charge is -2.37. The SMILES string of the molecule is CC1CCC(CN)CN1CCOc1ccccc1F. The van der Waals surface area contributed by atoms with Crippen LogP contribution in [0.3, 0.4) is 0 Å². The van der Waals surface area contributed by atoms with E-state index in [4.69, 9.17) is 10.5 Å². The van der Waals surface area contributed by atoms with Crippen LogP contribution in [-0.2, 0) is 0 Å². The summed E-state index contributed by atoms with van der Waals surface area (Å²) in [5.74, 6) is 0.626. The predicted molar refractivity (Wildman–Crippen MR) is 74.7 cm³/mol. The summed E-state index contributed by atoms with van der Waals surface area (Å²) >= 11 is 0. The highest BCUT2D eigenvalue weighted by Crippen LogP contribution is 2.21. The highest BCUT2D eigenvalue weighted by atomic mass is 19.1. The largest absolute Gasteiger partial charge is 0.489 e. The van der Waals surface area contributed by atoms with Crippen LogP contribution in [0, 0.1) is 11.7 Å². The zero-order valence-electron chi connectivity index (χ0n) is 11.5. The third-order valence-corrected chi connectivity index (χ3v) is 3.91. The molecule has 1 heterocycles. The monoisotopic (exact) mass is 266 g/mol. The Kier molecular flexibility index (Phi) is 5.16. The van der Waals surface area contributed by atoms with Crippen molar-refractivity contribution in [2.24, 2.45) is 11.7 Å². The molecule has 1 aromatic rings. The standard InChI is InChI=1S/C15H23FN2O/c1-12-6-7-13(10-17)11-18(12)8-9-19-15-5-3-2-4-14(15)16/h2-5,12-13H,6-11,17H2,1H3. The van der Waals surface area contributed by atoms with Gasteiger partial charge in [-0.1, -0.05) is 12.1 Å². The zero-order chi connectivity index (χ0) is 13.7. The maximum atomic E-state index is 13.4. The van der Waals surface area contributed by atoms with E-state index in [9.17, 15) is 4.39 Å². The average molecular weight is 266 g/mol. The van der Waals surface area contributed by atoms with Gasteiger partial charge in [-0.2, -0.15) is 0 Å². The molecule has 2 unspecified atom stereocenters. The number of para-hydroxylation sites is 1. The van der Waals surface area contributed by atoms with Crippen molar-refractivity contribution >= 4 is 0 Å². The van der Waals surface area contributed by atoms with E-state index >= 15 is 0 Å². The van der Waals surface area contributed by atoms with Crippen molar-refractivity contribution in [1.82, 2.24) is 4.90 Å². The van der Waals surface area contributed by atoms with Crippen molar-refractivity contribution < 1.29 is 9.13 Å². The van der Waals surface area contributed by atoms with E-state index in [1.165, 1.54) is 18.9 Å². The molecular weight excluding hydrogens is 243 g/mol. The summed E-state index contributed by atoms with van der Waals surface area (Å²) in [5.41, 5.74) is 5.74. The Labute approximate surface area is 114 Å². The first kappa shape index (κ1) is 14.3. The summed E-state index contributed by atoms with van der Waals surface area (Å²) in [7, 11) is 0. The van der Waals surface area contributed by atoms with Crippen molar-refractivity contribution in [3.63, 3.8) is 0 Å². The van der Waals surface area contributed by atoms with E-state index in [1.54, 1.807) is 18.2 Å². The quantitative estimate of drug-likeness (QED) is 0.888. The second kappa shape index (κ2) is 6.87. The average Bonchev–Trinajstić information content (AvgIpc) is 2.43. The molecule has 3 nitrogen and oxygen atoms in total. The summed E-state index contributed by atoms with van der Waals surface area (Å²) in [6.07, 6.45) is 2.39. The third kappa shape index (κ3) is 3.91. The number of hydrogen-bond donors (Lipinski definition) is 1. The molecule has 19 heavy (non-hydrogen) atoms. The van der Waals surface area contributed by atoms with Gasteiger partial charge in [-0.3, -0.25) is 4.90 Å². The molecule has 0 aliphatic carbocycles. The number of piperidine rings is 1. The zero-order valence-corrected chi connectivity index (χ0v) is 11.5. The lowest BCUT2D eigenvalue weighted by Crippen LogP contribution is -2.45. The maximum Gasteiger partial charge on any atom is 0.165 e. The normalized spacial score (nSPS) is 24.4. The minimum Gasteiger partial charge on any atom is -0.489 e. The first-order valence-electron chi connectivity index (χ1n) is 7.02. The molecular formula is C15H23FN2O. The smallest absolute Gasteiger partial charge is 0.165 e. The van der Waals surface area contributed by atoms with Crippen LogP contribution in [0.15, 0.2) is 24.3 Å². The van der Waals surface area contributed by atoms with Crippen molar-refractivity contribution in [3.05, 3.63) is 30.1 Å². The predicted octanol–water partition coefficient (Wildman–Crippen LogP) is 2.26. The minimum atomic E-state index is -0.297. The Hall–Kier alpha value is -1.13. The molecule has 1 fully saturated rings. The minimum absolute atomic E-state index is 0.297. The van der Waals surface area contributed by atoms with Crippen LogP contribution < -0.4 is 10.5 Å². The van der Waals surface area contributed by atoms with Crippen LogP contribution in [0.5, 0.6) is 5.75 Å². The molecule has 0 bridgehead atoms. The molecule has 1 saturated heterocycles. The van der Waals surface area contributed by atoms with Crippen molar-refractivity contribution in [1.29, 1.82) is 0 Å². The van der Waals surface area contributed by atoms with Crippen LogP contribution in [0.4, 0.5) is 4.39 Å². The summed E-state index contributed by atoms with van der Waals surface area (Å²) in [6, 6.07) is 7.10. The first-order chi connectivity index (χ1) is 9.20. The molecule has 2 rings (SSSR count). The van der Waals surface area contributed by atoms with E-state index in [0.29, 0.717) is 24.3 Å². The summed E-state index contributed by atoms with van der Waals surface area (Å²) in [5, 5.41) is 0. The van der Waals surface area contributed by atoms with Crippen molar-refractivity contribution in [2.45, 2.75) is 25.8 Å². The summed E-state index contributed by atoms with van der Waals surface area (Å²) in [4.78, 5) is 2.39. The van der Waals surface area contributed by atoms with Gasteiger partial charge in [0.05, 0.1) is 0 Å². The van der Waals surface area contributed by atoms with Crippen LogP contribution >= 0.6 is 0 Å². The fourth-order valence-corrected chi connectivity index (χ4v) is 2.60. The van der Waals surface area contributed by atoms with Gasteiger partial charge in [0, 0.05) is 19.1 Å². The Morgan fingerprint density at radius 3 is 2.89 bits per heavy atom. The Morgan fingerprint density at radius 2 is 2.16 bits per heavy atom. The van der Waals surface area contributed by atoms with E-state index in [2.05, 4.69) is 11.8 Å². The van der Waals surface area contributed by atoms with E-state index in [0.717, 1.165) is 19.6 Å².